The van der Waals surface area contributed by atoms with Crippen LogP contribution < -0.4 is 5.43 Å². The van der Waals surface area contributed by atoms with Crippen LogP contribution in [0.2, 0.25) is 0 Å². The summed E-state index contributed by atoms with van der Waals surface area (Å²) in [5.41, 5.74) is 3.44. The Labute approximate surface area is 118 Å². The molecule has 2 aromatic carbocycles. The van der Waals surface area contributed by atoms with Crippen LogP contribution in [0.15, 0.2) is 58.1 Å². The second-order valence-corrected chi connectivity index (χ2v) is 4.68. The van der Waals surface area contributed by atoms with Gasteiger partial charge in [-0.3, -0.25) is 4.79 Å². The predicted octanol–water partition coefficient (Wildman–Crippen LogP) is 2.92. The minimum Gasteiger partial charge on any atom is -0.507 e. The normalized spacial score (nSPS) is 10.6. The van der Waals surface area contributed by atoms with Crippen LogP contribution in [0.4, 0.5) is 0 Å². The number of carbonyl (C=O) groups is 1. The first kappa shape index (κ1) is 13.3. The zero-order valence-corrected chi connectivity index (χ0v) is 11.5. The average Bonchev–Trinajstić information content (AvgIpc) is 2.41. The number of aromatic hydroxyl groups is 1. The molecule has 96 valence electrons. The van der Waals surface area contributed by atoms with Crippen LogP contribution in [0.3, 0.4) is 0 Å². The highest BCUT2D eigenvalue weighted by atomic mass is 79.9. The second kappa shape index (κ2) is 6.15. The summed E-state index contributed by atoms with van der Waals surface area (Å²) in [6, 6.07) is 13.7. The summed E-state index contributed by atoms with van der Waals surface area (Å²) < 4.78 is 0.824. The molecule has 0 aliphatic carbocycles. The van der Waals surface area contributed by atoms with Crippen molar-refractivity contribution in [1.29, 1.82) is 0 Å². The number of phenols is 1. The Hall–Kier alpha value is -2.14. The van der Waals surface area contributed by atoms with Gasteiger partial charge in [-0.2, -0.15) is 5.10 Å². The van der Waals surface area contributed by atoms with Gasteiger partial charge in [0.25, 0.3) is 5.91 Å². The molecule has 0 heterocycles. The Balaban J connectivity index is 2.03. The number of phenolic OH excluding ortho intramolecular Hbond substituents is 1. The van der Waals surface area contributed by atoms with Crippen molar-refractivity contribution in [3.05, 3.63) is 64.1 Å². The number of rotatable bonds is 3. The maximum Gasteiger partial charge on any atom is 0.271 e. The van der Waals surface area contributed by atoms with Crippen molar-refractivity contribution in [2.24, 2.45) is 5.10 Å². The maximum absolute atomic E-state index is 11.8. The highest BCUT2D eigenvalue weighted by Gasteiger charge is 2.03. The number of hydrogen-bond donors (Lipinski definition) is 2. The van der Waals surface area contributed by atoms with E-state index in [0.29, 0.717) is 11.1 Å². The third-order valence-electron chi connectivity index (χ3n) is 2.39. The highest BCUT2D eigenvalue weighted by molar-refractivity contribution is 9.10. The van der Waals surface area contributed by atoms with E-state index in [4.69, 9.17) is 0 Å². The van der Waals surface area contributed by atoms with Gasteiger partial charge < -0.3 is 5.11 Å². The Morgan fingerprint density at radius 2 is 2.00 bits per heavy atom. The van der Waals surface area contributed by atoms with E-state index in [1.54, 1.807) is 42.5 Å². The van der Waals surface area contributed by atoms with E-state index in [9.17, 15) is 9.90 Å². The van der Waals surface area contributed by atoms with Crippen molar-refractivity contribution < 1.29 is 9.90 Å². The standard InChI is InChI=1S/C14H11BrN2O2/c15-12-6-3-5-10(8-12)14(19)17-16-9-11-4-1-2-7-13(11)18/h1-9,18H,(H,17,19). The Kier molecular flexibility index (Phi) is 4.30. The van der Waals surface area contributed by atoms with Crippen LogP contribution in [0.25, 0.3) is 0 Å². The van der Waals surface area contributed by atoms with Crippen LogP contribution in [-0.2, 0) is 0 Å². The van der Waals surface area contributed by atoms with Crippen LogP contribution >= 0.6 is 15.9 Å². The predicted molar refractivity (Wildman–Crippen MR) is 77.3 cm³/mol. The molecule has 19 heavy (non-hydrogen) atoms. The van der Waals surface area contributed by atoms with Crippen molar-refractivity contribution in [3.63, 3.8) is 0 Å². The fourth-order valence-electron chi connectivity index (χ4n) is 1.45. The lowest BCUT2D eigenvalue weighted by molar-refractivity contribution is 0.0955. The zero-order valence-electron chi connectivity index (χ0n) is 9.88. The molecule has 0 radical (unpaired) electrons. The van der Waals surface area contributed by atoms with Gasteiger partial charge in [-0.25, -0.2) is 5.43 Å². The summed E-state index contributed by atoms with van der Waals surface area (Å²) in [4.78, 5) is 11.8. The monoisotopic (exact) mass is 318 g/mol. The molecule has 0 spiro atoms. The van der Waals surface area contributed by atoms with Crippen LogP contribution in [0, 0.1) is 0 Å². The van der Waals surface area contributed by atoms with Crippen LogP contribution in [-0.4, -0.2) is 17.2 Å². The van der Waals surface area contributed by atoms with E-state index in [-0.39, 0.29) is 11.7 Å². The Morgan fingerprint density at radius 3 is 2.74 bits per heavy atom. The molecule has 0 atom stereocenters. The number of halogens is 1. The van der Waals surface area contributed by atoms with Gasteiger partial charge in [0.2, 0.25) is 0 Å². The number of benzene rings is 2. The van der Waals surface area contributed by atoms with Gasteiger partial charge in [0.05, 0.1) is 6.21 Å². The average molecular weight is 319 g/mol. The van der Waals surface area contributed by atoms with E-state index in [1.807, 2.05) is 6.07 Å². The quantitative estimate of drug-likeness (QED) is 0.675. The van der Waals surface area contributed by atoms with Crippen molar-refractivity contribution in [2.75, 3.05) is 0 Å². The summed E-state index contributed by atoms with van der Waals surface area (Å²) >= 11 is 3.29. The van der Waals surface area contributed by atoms with E-state index in [2.05, 4.69) is 26.5 Å². The van der Waals surface area contributed by atoms with Crippen molar-refractivity contribution in [2.45, 2.75) is 0 Å². The fraction of sp³-hybridized carbons (Fsp3) is 0. The number of nitrogens with zero attached hydrogens (tertiary/aromatic N) is 1. The first-order valence-electron chi connectivity index (χ1n) is 5.54. The molecular formula is C14H11BrN2O2. The zero-order chi connectivity index (χ0) is 13.7. The largest absolute Gasteiger partial charge is 0.507 e. The lowest BCUT2D eigenvalue weighted by Gasteiger charge is -2.00. The molecule has 2 N–H and O–H groups in total. The molecule has 0 fully saturated rings. The topological polar surface area (TPSA) is 61.7 Å². The SMILES string of the molecule is O=C(NN=Cc1ccccc1O)c1cccc(Br)c1. The lowest BCUT2D eigenvalue weighted by Crippen LogP contribution is -2.17. The summed E-state index contributed by atoms with van der Waals surface area (Å²) in [6.07, 6.45) is 1.39. The molecule has 0 bridgehead atoms. The Morgan fingerprint density at radius 1 is 1.21 bits per heavy atom. The number of hydrogen-bond acceptors (Lipinski definition) is 3. The number of amides is 1. The summed E-state index contributed by atoms with van der Waals surface area (Å²) in [5.74, 6) is -0.198. The third-order valence-corrected chi connectivity index (χ3v) is 2.89. The molecule has 2 rings (SSSR count). The molecule has 0 saturated carbocycles. The van der Waals surface area contributed by atoms with Gasteiger partial charge in [-0.15, -0.1) is 0 Å². The summed E-state index contributed by atoms with van der Waals surface area (Å²) in [6.45, 7) is 0. The summed E-state index contributed by atoms with van der Waals surface area (Å²) in [7, 11) is 0. The first-order valence-corrected chi connectivity index (χ1v) is 6.33. The summed E-state index contributed by atoms with van der Waals surface area (Å²) in [5, 5.41) is 13.3. The molecule has 0 aliphatic rings. The molecule has 2 aromatic rings. The van der Waals surface area contributed by atoms with Gasteiger partial charge in [0.15, 0.2) is 0 Å². The van der Waals surface area contributed by atoms with E-state index in [0.717, 1.165) is 4.47 Å². The van der Waals surface area contributed by atoms with Gasteiger partial charge in [0.1, 0.15) is 5.75 Å². The Bertz CT molecular complexity index is 626. The maximum atomic E-state index is 11.8. The molecule has 0 unspecified atom stereocenters. The molecule has 1 amide bonds. The smallest absolute Gasteiger partial charge is 0.271 e. The lowest BCUT2D eigenvalue weighted by atomic mass is 10.2. The molecular weight excluding hydrogens is 308 g/mol. The van der Waals surface area contributed by atoms with Crippen LogP contribution in [0.5, 0.6) is 5.75 Å². The molecule has 4 nitrogen and oxygen atoms in total. The molecule has 0 aromatic heterocycles. The molecule has 0 saturated heterocycles. The molecule has 5 heteroatoms. The van der Waals surface area contributed by atoms with Crippen LogP contribution in [0.1, 0.15) is 15.9 Å². The number of para-hydroxylation sites is 1. The van der Waals surface area contributed by atoms with Crippen molar-refractivity contribution >= 4 is 28.1 Å². The number of hydrazone groups is 1. The number of carbonyl (C=O) groups excluding carboxylic acids is 1. The number of nitrogens with one attached hydrogen (secondary N) is 1. The van der Waals surface area contributed by atoms with E-state index >= 15 is 0 Å². The van der Waals surface area contributed by atoms with E-state index in [1.165, 1.54) is 6.21 Å². The van der Waals surface area contributed by atoms with E-state index < -0.39 is 0 Å². The second-order valence-electron chi connectivity index (χ2n) is 3.77. The highest BCUT2D eigenvalue weighted by Crippen LogP contribution is 2.13. The minimum absolute atomic E-state index is 0.114. The van der Waals surface area contributed by atoms with Gasteiger partial charge >= 0.3 is 0 Å². The van der Waals surface area contributed by atoms with Crippen molar-refractivity contribution in [3.8, 4) is 5.75 Å². The van der Waals surface area contributed by atoms with Gasteiger partial charge in [-0.05, 0) is 30.3 Å². The first-order chi connectivity index (χ1) is 9.16. The third kappa shape index (κ3) is 3.66. The van der Waals surface area contributed by atoms with Gasteiger partial charge in [-0.1, -0.05) is 34.1 Å². The van der Waals surface area contributed by atoms with Crippen molar-refractivity contribution in [1.82, 2.24) is 5.43 Å². The minimum atomic E-state index is -0.312. The fourth-order valence-corrected chi connectivity index (χ4v) is 1.85. The van der Waals surface area contributed by atoms with Gasteiger partial charge in [0, 0.05) is 15.6 Å². The molecule has 0 aliphatic heterocycles.